The molecule has 1 aromatic rings. The van der Waals surface area contributed by atoms with Gasteiger partial charge >= 0.3 is 0 Å². The predicted octanol–water partition coefficient (Wildman–Crippen LogP) is 2.14. The molecule has 1 aliphatic carbocycles. The minimum absolute atomic E-state index is 0. The summed E-state index contributed by atoms with van der Waals surface area (Å²) in [5.41, 5.74) is 1.08. The van der Waals surface area contributed by atoms with Crippen molar-refractivity contribution in [2.24, 2.45) is 10.9 Å². The number of hydrogen-bond donors (Lipinski definition) is 1. The van der Waals surface area contributed by atoms with Crippen LogP contribution >= 0.6 is 24.0 Å². The van der Waals surface area contributed by atoms with Gasteiger partial charge in [-0.25, -0.2) is 4.98 Å². The maximum absolute atomic E-state index is 5.66. The average molecular weight is 434 g/mol. The summed E-state index contributed by atoms with van der Waals surface area (Å²) >= 11 is 0. The van der Waals surface area contributed by atoms with Crippen molar-refractivity contribution in [2.45, 2.75) is 19.4 Å². The molecular formula is C16H27IN4O2. The van der Waals surface area contributed by atoms with Crippen LogP contribution in [0.15, 0.2) is 23.3 Å². The number of methoxy groups -OCH3 is 1. The van der Waals surface area contributed by atoms with Gasteiger partial charge in [0, 0.05) is 46.1 Å². The molecule has 0 radical (unpaired) electrons. The molecule has 130 valence electrons. The quantitative estimate of drug-likeness (QED) is 0.294. The Labute approximate surface area is 155 Å². The lowest BCUT2D eigenvalue weighted by atomic mass is 10.3. The molecule has 0 saturated heterocycles. The second kappa shape index (κ2) is 10.6. The summed E-state index contributed by atoms with van der Waals surface area (Å²) in [5.74, 6) is 2.29. The highest BCUT2D eigenvalue weighted by Crippen LogP contribution is 2.28. The summed E-state index contributed by atoms with van der Waals surface area (Å²) in [5, 5.41) is 3.32. The fourth-order valence-electron chi connectivity index (χ4n) is 2.04. The molecule has 0 aromatic carbocycles. The monoisotopic (exact) mass is 434 g/mol. The second-order valence-electron chi connectivity index (χ2n) is 5.55. The number of ether oxygens (including phenoxy) is 2. The fraction of sp³-hybridized carbons (Fsp3) is 0.625. The van der Waals surface area contributed by atoms with Gasteiger partial charge in [0.2, 0.25) is 5.88 Å². The van der Waals surface area contributed by atoms with Crippen molar-refractivity contribution < 1.29 is 9.47 Å². The first-order chi connectivity index (χ1) is 10.7. The lowest BCUT2D eigenvalue weighted by Crippen LogP contribution is -2.40. The lowest BCUT2D eigenvalue weighted by molar-refractivity contribution is 0.115. The molecule has 1 saturated carbocycles. The zero-order chi connectivity index (χ0) is 15.8. The molecule has 0 atom stereocenters. The number of hydrogen-bond acceptors (Lipinski definition) is 4. The number of guanidine groups is 1. The van der Waals surface area contributed by atoms with Crippen LogP contribution in [-0.4, -0.2) is 56.8 Å². The van der Waals surface area contributed by atoms with Gasteiger partial charge in [-0.15, -0.1) is 24.0 Å². The maximum Gasteiger partial charge on any atom is 0.212 e. The van der Waals surface area contributed by atoms with Crippen molar-refractivity contribution in [3.63, 3.8) is 0 Å². The van der Waals surface area contributed by atoms with Gasteiger partial charge in [-0.05, 0) is 24.3 Å². The van der Waals surface area contributed by atoms with Crippen LogP contribution in [-0.2, 0) is 11.3 Å². The third-order valence-corrected chi connectivity index (χ3v) is 3.65. The molecule has 0 spiro atoms. The van der Waals surface area contributed by atoms with Gasteiger partial charge in [-0.2, -0.15) is 0 Å². The number of rotatable bonds is 8. The molecule has 1 fully saturated rings. The SMILES string of the molecule is CN=C(NCc1ccc(OC)nc1)N(C)CCOCC1CC1.I. The highest BCUT2D eigenvalue weighted by Gasteiger charge is 2.21. The Balaban J connectivity index is 0.00000264. The summed E-state index contributed by atoms with van der Waals surface area (Å²) in [7, 11) is 5.42. The third kappa shape index (κ3) is 7.34. The van der Waals surface area contributed by atoms with Gasteiger partial charge in [0.15, 0.2) is 5.96 Å². The van der Waals surface area contributed by atoms with Crippen LogP contribution in [0.3, 0.4) is 0 Å². The highest BCUT2D eigenvalue weighted by atomic mass is 127. The minimum Gasteiger partial charge on any atom is -0.481 e. The molecule has 1 N–H and O–H groups in total. The van der Waals surface area contributed by atoms with Crippen molar-refractivity contribution in [3.8, 4) is 5.88 Å². The van der Waals surface area contributed by atoms with Gasteiger partial charge in [0.05, 0.1) is 13.7 Å². The van der Waals surface area contributed by atoms with Gasteiger partial charge in [-0.3, -0.25) is 4.99 Å². The largest absolute Gasteiger partial charge is 0.481 e. The number of aromatic nitrogens is 1. The summed E-state index contributed by atoms with van der Waals surface area (Å²) < 4.78 is 10.7. The molecule has 23 heavy (non-hydrogen) atoms. The van der Waals surface area contributed by atoms with Crippen molar-refractivity contribution in [2.75, 3.05) is 41.0 Å². The van der Waals surface area contributed by atoms with Crippen LogP contribution in [0.5, 0.6) is 5.88 Å². The molecule has 1 heterocycles. The normalized spacial score (nSPS) is 14.1. The molecule has 1 aromatic heterocycles. The molecule has 6 nitrogen and oxygen atoms in total. The summed E-state index contributed by atoms with van der Waals surface area (Å²) in [6, 6.07) is 3.85. The first-order valence-corrected chi connectivity index (χ1v) is 7.71. The summed E-state index contributed by atoms with van der Waals surface area (Å²) in [6.45, 7) is 3.14. The Kier molecular flexibility index (Phi) is 9.23. The summed E-state index contributed by atoms with van der Waals surface area (Å²) in [6.07, 6.45) is 4.46. The molecule has 2 rings (SSSR count). The van der Waals surface area contributed by atoms with E-state index >= 15 is 0 Å². The first kappa shape index (κ1) is 20.0. The zero-order valence-electron chi connectivity index (χ0n) is 14.1. The number of nitrogens with one attached hydrogen (secondary N) is 1. The van der Waals surface area contributed by atoms with E-state index in [2.05, 4.69) is 20.2 Å². The van der Waals surface area contributed by atoms with Crippen LogP contribution < -0.4 is 10.1 Å². The molecule has 0 aliphatic heterocycles. The van der Waals surface area contributed by atoms with Crippen molar-refractivity contribution in [1.82, 2.24) is 15.2 Å². The van der Waals surface area contributed by atoms with Crippen molar-refractivity contribution in [3.05, 3.63) is 23.9 Å². The minimum atomic E-state index is 0. The van der Waals surface area contributed by atoms with Gasteiger partial charge in [0.25, 0.3) is 0 Å². The molecule has 0 unspecified atom stereocenters. The Hall–Kier alpha value is -1.09. The smallest absolute Gasteiger partial charge is 0.212 e. The first-order valence-electron chi connectivity index (χ1n) is 7.71. The Morgan fingerprint density at radius 3 is 2.78 bits per heavy atom. The molecule has 1 aliphatic rings. The Bertz CT molecular complexity index is 477. The van der Waals surface area contributed by atoms with E-state index in [1.54, 1.807) is 20.4 Å². The highest BCUT2D eigenvalue weighted by molar-refractivity contribution is 14.0. The zero-order valence-corrected chi connectivity index (χ0v) is 16.4. The maximum atomic E-state index is 5.66. The van der Waals surface area contributed by atoms with E-state index in [9.17, 15) is 0 Å². The predicted molar refractivity (Wildman–Crippen MR) is 103 cm³/mol. The Morgan fingerprint density at radius 1 is 1.43 bits per heavy atom. The fourth-order valence-corrected chi connectivity index (χ4v) is 2.04. The standard InChI is InChI=1S/C16H26N4O2.HI/c1-17-16(20(2)8-9-22-12-13-4-5-13)19-11-14-6-7-15(21-3)18-10-14;/h6-7,10,13H,4-5,8-9,11-12H2,1-3H3,(H,17,19);1H. The van der Waals surface area contributed by atoms with E-state index in [1.807, 2.05) is 19.2 Å². The topological polar surface area (TPSA) is 59.0 Å². The van der Waals surface area contributed by atoms with E-state index in [1.165, 1.54) is 12.8 Å². The average Bonchev–Trinajstić information content (AvgIpc) is 3.37. The van der Waals surface area contributed by atoms with E-state index in [-0.39, 0.29) is 24.0 Å². The molecule has 0 amide bonds. The molecule has 0 bridgehead atoms. The van der Waals surface area contributed by atoms with Crippen molar-refractivity contribution >= 4 is 29.9 Å². The van der Waals surface area contributed by atoms with Crippen LogP contribution in [0, 0.1) is 5.92 Å². The van der Waals surface area contributed by atoms with E-state index in [4.69, 9.17) is 9.47 Å². The van der Waals surface area contributed by atoms with Crippen LogP contribution in [0.2, 0.25) is 0 Å². The van der Waals surface area contributed by atoms with E-state index in [0.717, 1.165) is 37.2 Å². The van der Waals surface area contributed by atoms with Crippen molar-refractivity contribution in [1.29, 1.82) is 0 Å². The second-order valence-corrected chi connectivity index (χ2v) is 5.55. The third-order valence-electron chi connectivity index (χ3n) is 3.65. The van der Waals surface area contributed by atoms with E-state index < -0.39 is 0 Å². The Morgan fingerprint density at radius 2 is 2.22 bits per heavy atom. The molecule has 7 heteroatoms. The number of likely N-dealkylation sites (N-methyl/N-ethyl adjacent to an activating group) is 1. The molecular weight excluding hydrogens is 407 g/mol. The van der Waals surface area contributed by atoms with Gasteiger partial charge in [0.1, 0.15) is 0 Å². The van der Waals surface area contributed by atoms with Crippen LogP contribution in [0.1, 0.15) is 18.4 Å². The number of halogens is 1. The lowest BCUT2D eigenvalue weighted by Gasteiger charge is -2.22. The van der Waals surface area contributed by atoms with E-state index in [0.29, 0.717) is 12.4 Å². The number of pyridine rings is 1. The van der Waals surface area contributed by atoms with Crippen LogP contribution in [0.4, 0.5) is 0 Å². The van der Waals surface area contributed by atoms with Gasteiger partial charge < -0.3 is 19.7 Å². The van der Waals surface area contributed by atoms with Gasteiger partial charge in [-0.1, -0.05) is 6.07 Å². The number of aliphatic imine (C=N–C) groups is 1. The van der Waals surface area contributed by atoms with Crippen LogP contribution in [0.25, 0.3) is 0 Å². The summed E-state index contributed by atoms with van der Waals surface area (Å²) in [4.78, 5) is 10.6. The number of nitrogens with zero attached hydrogens (tertiary/aromatic N) is 3.